The van der Waals surface area contributed by atoms with E-state index in [1.54, 1.807) is 54.7 Å². The van der Waals surface area contributed by atoms with Crippen LogP contribution in [0, 0.1) is 0 Å². The van der Waals surface area contributed by atoms with Gasteiger partial charge in [0.2, 0.25) is 10.0 Å². The second-order valence-electron chi connectivity index (χ2n) is 6.00. The summed E-state index contributed by atoms with van der Waals surface area (Å²) in [5, 5.41) is 12.1. The number of phenols is 1. The lowest BCUT2D eigenvalue weighted by molar-refractivity contribution is 0.475. The Balaban J connectivity index is 1.69. The summed E-state index contributed by atoms with van der Waals surface area (Å²) in [7, 11) is -0.414. The largest absolute Gasteiger partial charge is 0.508 e. The van der Waals surface area contributed by atoms with Crippen molar-refractivity contribution in [3.8, 4) is 17.0 Å². The van der Waals surface area contributed by atoms with Gasteiger partial charge in [0.25, 0.3) is 0 Å². The first-order valence-electron chi connectivity index (χ1n) is 8.12. The summed E-state index contributed by atoms with van der Waals surface area (Å²) in [6.45, 7) is 0.457. The number of sulfonamides is 1. The summed E-state index contributed by atoms with van der Waals surface area (Å²) >= 11 is 1.51. The summed E-state index contributed by atoms with van der Waals surface area (Å²) in [4.78, 5) is 9.18. The molecule has 0 amide bonds. The molecule has 6 nitrogen and oxygen atoms in total. The molecule has 0 aliphatic heterocycles. The number of thiazole rings is 1. The van der Waals surface area contributed by atoms with Crippen LogP contribution in [0.3, 0.4) is 0 Å². The molecule has 0 saturated heterocycles. The number of aromatic hydroxyl groups is 1. The molecule has 0 spiro atoms. The van der Waals surface area contributed by atoms with Gasteiger partial charge in [0.05, 0.1) is 17.1 Å². The molecule has 2 aromatic carbocycles. The number of hydrogen-bond donors (Lipinski definition) is 1. The van der Waals surface area contributed by atoms with E-state index in [2.05, 4.69) is 9.98 Å². The van der Waals surface area contributed by atoms with E-state index in [0.29, 0.717) is 6.54 Å². The number of nitrogens with zero attached hydrogens (tertiary/aromatic N) is 3. The van der Waals surface area contributed by atoms with Crippen molar-refractivity contribution in [1.82, 2.24) is 9.29 Å². The fourth-order valence-corrected chi connectivity index (χ4v) is 3.95. The van der Waals surface area contributed by atoms with Crippen LogP contribution >= 0.6 is 11.3 Å². The average Bonchev–Trinajstić information content (AvgIpc) is 3.12. The molecule has 27 heavy (non-hydrogen) atoms. The molecule has 0 aliphatic rings. The standard InChI is InChI=1S/C19H19N3O3S2/c1-22(2)27(24,25)17-9-5-15(6-10-17)18-13-26-19(21-18)12-20-11-14-3-7-16(23)8-4-14/h3-11,13,23H,12H2,1-2H3. The van der Waals surface area contributed by atoms with Crippen LogP contribution in [0.5, 0.6) is 5.75 Å². The molecule has 0 aliphatic carbocycles. The van der Waals surface area contributed by atoms with Gasteiger partial charge in [-0.3, -0.25) is 4.99 Å². The molecule has 3 rings (SSSR count). The van der Waals surface area contributed by atoms with Gasteiger partial charge >= 0.3 is 0 Å². The normalized spacial score (nSPS) is 12.1. The van der Waals surface area contributed by atoms with Crippen LogP contribution in [0.1, 0.15) is 10.6 Å². The third-order valence-corrected chi connectivity index (χ3v) is 6.50. The van der Waals surface area contributed by atoms with E-state index in [1.165, 1.54) is 29.7 Å². The molecule has 1 aromatic heterocycles. The van der Waals surface area contributed by atoms with Crippen molar-refractivity contribution in [3.05, 3.63) is 64.5 Å². The van der Waals surface area contributed by atoms with Gasteiger partial charge in [-0.1, -0.05) is 12.1 Å². The zero-order valence-electron chi connectivity index (χ0n) is 14.9. The fraction of sp³-hybridized carbons (Fsp3) is 0.158. The summed E-state index contributed by atoms with van der Waals surface area (Å²) in [6.07, 6.45) is 1.74. The van der Waals surface area contributed by atoms with Crippen LogP contribution in [0.2, 0.25) is 0 Å². The van der Waals surface area contributed by atoms with Gasteiger partial charge < -0.3 is 5.11 Å². The van der Waals surface area contributed by atoms with Crippen LogP contribution in [-0.2, 0) is 16.6 Å². The maximum absolute atomic E-state index is 12.1. The highest BCUT2D eigenvalue weighted by Crippen LogP contribution is 2.24. The maximum Gasteiger partial charge on any atom is 0.242 e. The summed E-state index contributed by atoms with van der Waals surface area (Å²) in [6, 6.07) is 13.5. The van der Waals surface area contributed by atoms with E-state index < -0.39 is 10.0 Å². The quantitative estimate of drug-likeness (QED) is 0.642. The van der Waals surface area contributed by atoms with E-state index in [9.17, 15) is 13.5 Å². The number of rotatable bonds is 6. The lowest BCUT2D eigenvalue weighted by atomic mass is 10.2. The molecule has 140 valence electrons. The third-order valence-electron chi connectivity index (χ3n) is 3.84. The van der Waals surface area contributed by atoms with Crippen LogP contribution in [0.15, 0.2) is 63.8 Å². The molecular formula is C19H19N3O3S2. The molecule has 0 atom stereocenters. The zero-order chi connectivity index (χ0) is 19.4. The van der Waals surface area contributed by atoms with Gasteiger partial charge in [0.15, 0.2) is 0 Å². The van der Waals surface area contributed by atoms with Crippen LogP contribution in [0.25, 0.3) is 11.3 Å². The third kappa shape index (κ3) is 4.60. The highest BCUT2D eigenvalue weighted by atomic mass is 32.2. The Bertz CT molecular complexity index is 1040. The van der Waals surface area contributed by atoms with Gasteiger partial charge in [0, 0.05) is 31.3 Å². The SMILES string of the molecule is CN(C)S(=O)(=O)c1ccc(-c2csc(CN=Cc3ccc(O)cc3)n2)cc1. The van der Waals surface area contributed by atoms with Crippen molar-refractivity contribution in [2.24, 2.45) is 4.99 Å². The summed E-state index contributed by atoms with van der Waals surface area (Å²) < 4.78 is 25.4. The van der Waals surface area contributed by atoms with E-state index in [4.69, 9.17) is 0 Å². The molecule has 0 fully saturated rings. The fourth-order valence-electron chi connectivity index (χ4n) is 2.31. The van der Waals surface area contributed by atoms with Crippen molar-refractivity contribution in [2.75, 3.05) is 14.1 Å². The average molecular weight is 402 g/mol. The highest BCUT2D eigenvalue weighted by Gasteiger charge is 2.17. The second kappa shape index (κ2) is 7.99. The molecule has 8 heteroatoms. The van der Waals surface area contributed by atoms with Gasteiger partial charge in [-0.05, 0) is 42.0 Å². The Labute approximate surface area is 162 Å². The molecule has 0 saturated carbocycles. The summed E-state index contributed by atoms with van der Waals surface area (Å²) in [5.74, 6) is 0.223. The first-order chi connectivity index (χ1) is 12.9. The molecule has 0 unspecified atom stereocenters. The van der Waals surface area contributed by atoms with Crippen molar-refractivity contribution in [3.63, 3.8) is 0 Å². The minimum atomic E-state index is -3.43. The Hall–Kier alpha value is -2.55. The van der Waals surface area contributed by atoms with E-state index in [-0.39, 0.29) is 10.6 Å². The smallest absolute Gasteiger partial charge is 0.242 e. The second-order valence-corrected chi connectivity index (χ2v) is 9.09. The van der Waals surface area contributed by atoms with Crippen molar-refractivity contribution >= 4 is 27.6 Å². The Morgan fingerprint density at radius 3 is 2.41 bits per heavy atom. The molecule has 3 aromatic rings. The predicted molar refractivity (Wildman–Crippen MR) is 108 cm³/mol. The van der Waals surface area contributed by atoms with Crippen molar-refractivity contribution in [1.29, 1.82) is 0 Å². The number of aliphatic imine (C=N–C) groups is 1. The lowest BCUT2D eigenvalue weighted by Gasteiger charge is -2.11. The molecule has 1 heterocycles. The maximum atomic E-state index is 12.1. The van der Waals surface area contributed by atoms with Crippen LogP contribution in [-0.4, -0.2) is 43.1 Å². The molecule has 1 N–H and O–H groups in total. The number of benzene rings is 2. The highest BCUT2D eigenvalue weighted by molar-refractivity contribution is 7.89. The minimum Gasteiger partial charge on any atom is -0.508 e. The van der Waals surface area contributed by atoms with Gasteiger partial charge in [-0.2, -0.15) is 0 Å². The van der Waals surface area contributed by atoms with Crippen LogP contribution in [0.4, 0.5) is 0 Å². The Kier molecular flexibility index (Phi) is 5.69. The van der Waals surface area contributed by atoms with E-state index in [0.717, 1.165) is 21.8 Å². The van der Waals surface area contributed by atoms with E-state index in [1.807, 2.05) is 5.38 Å². The van der Waals surface area contributed by atoms with E-state index >= 15 is 0 Å². The Morgan fingerprint density at radius 2 is 1.78 bits per heavy atom. The predicted octanol–water partition coefficient (Wildman–Crippen LogP) is 3.39. The first kappa shape index (κ1) is 19.2. The van der Waals surface area contributed by atoms with Gasteiger partial charge in [0.1, 0.15) is 10.8 Å². The Morgan fingerprint density at radius 1 is 1.11 bits per heavy atom. The van der Waals surface area contributed by atoms with Crippen molar-refractivity contribution in [2.45, 2.75) is 11.4 Å². The zero-order valence-corrected chi connectivity index (χ0v) is 16.5. The monoisotopic (exact) mass is 401 g/mol. The number of phenolic OH excluding ortho intramolecular Hbond substituents is 1. The van der Waals surface area contributed by atoms with Gasteiger partial charge in [-0.15, -0.1) is 11.3 Å². The van der Waals surface area contributed by atoms with Gasteiger partial charge in [-0.25, -0.2) is 17.7 Å². The number of aromatic nitrogens is 1. The summed E-state index contributed by atoms with van der Waals surface area (Å²) in [5.41, 5.74) is 2.56. The molecule has 0 radical (unpaired) electrons. The topological polar surface area (TPSA) is 82.9 Å². The molecular weight excluding hydrogens is 382 g/mol. The number of hydrogen-bond acceptors (Lipinski definition) is 6. The lowest BCUT2D eigenvalue weighted by Crippen LogP contribution is -2.22. The molecule has 0 bridgehead atoms. The van der Waals surface area contributed by atoms with Crippen LogP contribution < -0.4 is 0 Å². The van der Waals surface area contributed by atoms with Crippen molar-refractivity contribution < 1.29 is 13.5 Å². The minimum absolute atomic E-state index is 0.223. The first-order valence-corrected chi connectivity index (χ1v) is 10.4.